The molecule has 1 aromatic rings. The van der Waals surface area contributed by atoms with E-state index in [1.54, 1.807) is 6.92 Å². The highest BCUT2D eigenvalue weighted by atomic mass is 32.2. The molecule has 12 heteroatoms. The summed E-state index contributed by atoms with van der Waals surface area (Å²) in [7, 11) is -2.95. The van der Waals surface area contributed by atoms with Crippen LogP contribution in [-0.2, 0) is 19.6 Å². The number of rotatable bonds is 10. The van der Waals surface area contributed by atoms with Gasteiger partial charge in [0.15, 0.2) is 0 Å². The number of non-ortho nitro benzene ring substituents is 1. The van der Waals surface area contributed by atoms with Gasteiger partial charge in [-0.3, -0.25) is 14.9 Å². The first kappa shape index (κ1) is 35.6. The summed E-state index contributed by atoms with van der Waals surface area (Å²) in [6.45, 7) is 16.7. The van der Waals surface area contributed by atoms with Crippen molar-refractivity contribution in [1.29, 1.82) is 0 Å². The maximum atomic E-state index is 12.4. The molecule has 0 radical (unpaired) electrons. The molecule has 0 heterocycles. The number of benzene rings is 1. The molecule has 1 atom stereocenters. The topological polar surface area (TPSA) is 159 Å². The van der Waals surface area contributed by atoms with Crippen molar-refractivity contribution in [3.63, 3.8) is 0 Å². The number of likely N-dealkylation sites (N-methyl/N-ethyl adjacent to an activating group) is 1. The number of nitro benzene ring substituents is 1. The summed E-state index contributed by atoms with van der Waals surface area (Å²) in [4.78, 5) is 32.9. The van der Waals surface area contributed by atoms with Crippen molar-refractivity contribution in [2.24, 2.45) is 0 Å². The van der Waals surface area contributed by atoms with Gasteiger partial charge in [0.2, 0.25) is 15.9 Å². The van der Waals surface area contributed by atoms with Crippen LogP contribution in [0.2, 0.25) is 0 Å². The van der Waals surface area contributed by atoms with Crippen LogP contribution in [0.15, 0.2) is 41.4 Å². The number of sulfonamides is 1. The van der Waals surface area contributed by atoms with E-state index in [1.165, 1.54) is 6.42 Å². The Balaban J connectivity index is -0.00000124. The number of amides is 1. The lowest BCUT2D eigenvalue weighted by atomic mass is 10.3. The molecule has 0 aromatic heterocycles. The van der Waals surface area contributed by atoms with E-state index in [9.17, 15) is 28.1 Å². The molecule has 3 N–H and O–H groups in total. The van der Waals surface area contributed by atoms with Gasteiger partial charge in [0, 0.05) is 31.4 Å². The Morgan fingerprint density at radius 2 is 1.59 bits per heavy atom. The lowest BCUT2D eigenvalue weighted by molar-refractivity contribution is -0.384. The predicted molar refractivity (Wildman–Crippen MR) is 134 cm³/mol. The van der Waals surface area contributed by atoms with Crippen molar-refractivity contribution in [3.05, 3.63) is 46.7 Å². The molecule has 11 nitrogen and oxygen atoms in total. The monoisotopic (exact) mass is 504 g/mol. The normalized spacial score (nSPS) is 10.6. The molecule has 34 heavy (non-hydrogen) atoms. The van der Waals surface area contributed by atoms with Crippen LogP contribution in [0.25, 0.3) is 0 Å². The van der Waals surface area contributed by atoms with Gasteiger partial charge >= 0.3 is 5.97 Å². The summed E-state index contributed by atoms with van der Waals surface area (Å²) in [5.41, 5.74) is 0.233. The quantitative estimate of drug-likeness (QED) is 0.323. The second-order valence-electron chi connectivity index (χ2n) is 6.34. The van der Waals surface area contributed by atoms with Crippen molar-refractivity contribution < 1.29 is 28.0 Å². The van der Waals surface area contributed by atoms with Crippen molar-refractivity contribution in [2.45, 2.75) is 65.8 Å². The molecule has 0 bridgehead atoms. The fourth-order valence-corrected chi connectivity index (χ4v) is 3.05. The third-order valence-electron chi connectivity index (χ3n) is 3.36. The number of carboxylic acids is 1. The second-order valence-corrected chi connectivity index (χ2v) is 8.38. The van der Waals surface area contributed by atoms with E-state index in [1.807, 2.05) is 27.7 Å². The lowest BCUT2D eigenvalue weighted by Crippen LogP contribution is -2.50. The molecule has 1 unspecified atom stereocenters. The van der Waals surface area contributed by atoms with E-state index < -0.39 is 39.4 Å². The van der Waals surface area contributed by atoms with Crippen molar-refractivity contribution in [3.8, 4) is 0 Å². The molecule has 0 aliphatic carbocycles. The maximum absolute atomic E-state index is 12.4. The highest BCUT2D eigenvalue weighted by Crippen LogP contribution is 2.18. The largest absolute Gasteiger partial charge is 0.480 e. The Labute approximate surface area is 203 Å². The molecule has 0 saturated heterocycles. The summed E-state index contributed by atoms with van der Waals surface area (Å²) in [5.74, 6) is -2.11. The van der Waals surface area contributed by atoms with Crippen molar-refractivity contribution in [2.75, 3.05) is 20.1 Å². The van der Waals surface area contributed by atoms with E-state index >= 15 is 0 Å². The summed E-state index contributed by atoms with van der Waals surface area (Å²) in [6, 6.07) is 2.90. The van der Waals surface area contributed by atoms with Crippen LogP contribution in [0.1, 0.15) is 54.9 Å². The number of nitro groups is 1. The highest BCUT2D eigenvalue weighted by Gasteiger charge is 2.26. The smallest absolute Gasteiger partial charge is 0.328 e. The Morgan fingerprint density at radius 3 is 1.94 bits per heavy atom. The van der Waals surface area contributed by atoms with Gasteiger partial charge < -0.3 is 15.7 Å². The van der Waals surface area contributed by atoms with Crippen LogP contribution < -0.4 is 10.6 Å². The third kappa shape index (κ3) is 14.2. The zero-order valence-corrected chi connectivity index (χ0v) is 22.2. The van der Waals surface area contributed by atoms with Gasteiger partial charge in [-0.15, -0.1) is 0 Å². The van der Waals surface area contributed by atoms with Crippen molar-refractivity contribution >= 4 is 27.6 Å². The standard InChI is InChI=1S/C15H20N4O7S.C3H8.2C2H6/c1-10(2)16-8-13(15(21)22)17-14(20)9-18(3)27(25,26)12-6-4-11(5-7-12)19(23)24;1-3-2;2*1-2/h4-7,13,16H,1,8-9H2,2-3H3,(H,17,20)(H,21,22);3H2,1-2H3;2*1-2H3. The minimum atomic E-state index is -4.09. The molecule has 1 aromatic carbocycles. The molecule has 0 aliphatic rings. The fraction of sp³-hybridized carbons (Fsp3) is 0.545. The van der Waals surface area contributed by atoms with Gasteiger partial charge in [-0.05, 0) is 19.1 Å². The summed E-state index contributed by atoms with van der Waals surface area (Å²) in [5, 5.41) is 24.6. The van der Waals surface area contributed by atoms with Crippen LogP contribution in [0.3, 0.4) is 0 Å². The number of allylic oxidation sites excluding steroid dienone is 1. The number of nitrogens with zero attached hydrogens (tertiary/aromatic N) is 2. The van der Waals surface area contributed by atoms with Crippen LogP contribution in [0.4, 0.5) is 5.69 Å². The van der Waals surface area contributed by atoms with Gasteiger partial charge in [0.25, 0.3) is 5.69 Å². The molecular weight excluding hydrogens is 464 g/mol. The van der Waals surface area contributed by atoms with Gasteiger partial charge in [-0.1, -0.05) is 54.5 Å². The van der Waals surface area contributed by atoms with E-state index in [0.717, 1.165) is 31.3 Å². The minimum Gasteiger partial charge on any atom is -0.480 e. The van der Waals surface area contributed by atoms with Gasteiger partial charge in [0.05, 0.1) is 16.4 Å². The Kier molecular flexibility index (Phi) is 20.4. The summed E-state index contributed by atoms with van der Waals surface area (Å²) >= 11 is 0. The van der Waals surface area contributed by atoms with Crippen LogP contribution in [-0.4, -0.2) is 60.8 Å². The fourth-order valence-electron chi connectivity index (χ4n) is 1.92. The molecule has 1 rings (SSSR count). The minimum absolute atomic E-state index is 0.116. The van der Waals surface area contributed by atoms with E-state index in [4.69, 9.17) is 5.11 Å². The molecule has 0 saturated carbocycles. The molecule has 196 valence electrons. The number of hydrogen-bond donors (Lipinski definition) is 3. The Hall–Kier alpha value is -2.99. The zero-order chi connectivity index (χ0) is 27.5. The summed E-state index contributed by atoms with van der Waals surface area (Å²) in [6.07, 6.45) is 1.25. The maximum Gasteiger partial charge on any atom is 0.328 e. The van der Waals surface area contributed by atoms with E-state index in [2.05, 4.69) is 31.1 Å². The van der Waals surface area contributed by atoms with Crippen LogP contribution in [0, 0.1) is 10.1 Å². The molecule has 0 fully saturated rings. The number of hydrogen-bond acceptors (Lipinski definition) is 7. The second kappa shape index (κ2) is 19.5. The van der Waals surface area contributed by atoms with E-state index in [-0.39, 0.29) is 17.1 Å². The van der Waals surface area contributed by atoms with Gasteiger partial charge in [-0.2, -0.15) is 4.31 Å². The number of carbonyl (C=O) groups excluding carboxylic acids is 1. The van der Waals surface area contributed by atoms with Crippen LogP contribution in [0.5, 0.6) is 0 Å². The Morgan fingerprint density at radius 1 is 1.15 bits per heavy atom. The average Bonchev–Trinajstić information content (AvgIpc) is 2.79. The highest BCUT2D eigenvalue weighted by molar-refractivity contribution is 7.89. The number of carboxylic acid groups (broad SMARTS) is 1. The molecule has 0 spiro atoms. The van der Waals surface area contributed by atoms with Gasteiger partial charge in [0.1, 0.15) is 6.04 Å². The van der Waals surface area contributed by atoms with Crippen molar-refractivity contribution in [1.82, 2.24) is 14.9 Å². The van der Waals surface area contributed by atoms with Crippen LogP contribution >= 0.6 is 0 Å². The number of aliphatic carboxylic acids is 1. The average molecular weight is 505 g/mol. The first-order valence-corrected chi connectivity index (χ1v) is 12.4. The number of nitrogens with one attached hydrogen (secondary N) is 2. The first-order valence-electron chi connectivity index (χ1n) is 11.0. The summed E-state index contributed by atoms with van der Waals surface area (Å²) < 4.78 is 25.6. The van der Waals surface area contributed by atoms with Gasteiger partial charge in [-0.25, -0.2) is 13.2 Å². The zero-order valence-electron chi connectivity index (χ0n) is 21.4. The van der Waals surface area contributed by atoms with E-state index in [0.29, 0.717) is 10.0 Å². The molecule has 0 aliphatic heterocycles. The lowest BCUT2D eigenvalue weighted by Gasteiger charge is -2.20. The SMILES string of the molecule is C=C(C)NCC(NC(=O)CN(C)S(=O)(=O)c1ccc([N+](=O)[O-])cc1)C(=O)O.CC.CC.CCC. The molecular formula is C22H40N4O7S. The number of carbonyl (C=O) groups is 2. The predicted octanol–water partition coefficient (Wildman–Crippen LogP) is 3.38. The molecule has 1 amide bonds. The third-order valence-corrected chi connectivity index (χ3v) is 5.18. The Bertz CT molecular complexity index is 857. The first-order chi connectivity index (χ1) is 15.9.